The fourth-order valence-electron chi connectivity index (χ4n) is 4.49. The molecule has 0 spiro atoms. The Labute approximate surface area is 201 Å². The van der Waals surface area contributed by atoms with Crippen LogP contribution < -0.4 is 10.2 Å². The van der Waals surface area contributed by atoms with Gasteiger partial charge >= 0.3 is 0 Å². The minimum absolute atomic E-state index is 0.0517. The molecular formula is C25H34N6O3. The highest BCUT2D eigenvalue weighted by atomic mass is 16.5. The van der Waals surface area contributed by atoms with Crippen molar-refractivity contribution in [3.63, 3.8) is 0 Å². The molecule has 1 aromatic carbocycles. The van der Waals surface area contributed by atoms with Crippen molar-refractivity contribution < 1.29 is 14.3 Å². The average Bonchev–Trinajstić information content (AvgIpc) is 3.20. The molecule has 3 heterocycles. The molecule has 34 heavy (non-hydrogen) atoms. The topological polar surface area (TPSA) is 90.9 Å². The van der Waals surface area contributed by atoms with E-state index in [2.05, 4.69) is 27.1 Å². The van der Waals surface area contributed by atoms with Crippen molar-refractivity contribution >= 4 is 29.1 Å². The highest BCUT2D eigenvalue weighted by Crippen LogP contribution is 2.25. The zero-order valence-electron chi connectivity index (χ0n) is 20.3. The summed E-state index contributed by atoms with van der Waals surface area (Å²) in [6.07, 6.45) is 0.265. The van der Waals surface area contributed by atoms with E-state index in [1.54, 1.807) is 0 Å². The first-order chi connectivity index (χ1) is 16.4. The minimum Gasteiger partial charge on any atom is -0.379 e. The maximum atomic E-state index is 12.8. The second-order valence-electron chi connectivity index (χ2n) is 8.93. The highest BCUT2D eigenvalue weighted by molar-refractivity contribution is 5.97. The van der Waals surface area contributed by atoms with Crippen LogP contribution in [0.5, 0.6) is 0 Å². The van der Waals surface area contributed by atoms with Crippen LogP contribution in [0.3, 0.4) is 0 Å². The van der Waals surface area contributed by atoms with Gasteiger partial charge in [-0.25, -0.2) is 9.97 Å². The second kappa shape index (κ2) is 10.9. The molecule has 9 heteroatoms. The van der Waals surface area contributed by atoms with Gasteiger partial charge in [0.25, 0.3) is 0 Å². The number of hydrogen-bond donors (Lipinski definition) is 1. The van der Waals surface area contributed by atoms with E-state index in [0.29, 0.717) is 24.7 Å². The van der Waals surface area contributed by atoms with Gasteiger partial charge in [-0.3, -0.25) is 14.5 Å². The van der Waals surface area contributed by atoms with E-state index in [9.17, 15) is 9.59 Å². The quantitative estimate of drug-likeness (QED) is 0.639. The zero-order valence-corrected chi connectivity index (χ0v) is 20.3. The monoisotopic (exact) mass is 466 g/mol. The van der Waals surface area contributed by atoms with E-state index in [-0.39, 0.29) is 24.2 Å². The number of carbonyl (C=O) groups excluding carboxylic acids is 2. The fourth-order valence-corrected chi connectivity index (χ4v) is 4.49. The van der Waals surface area contributed by atoms with Gasteiger partial charge in [-0.15, -0.1) is 0 Å². The van der Waals surface area contributed by atoms with Crippen LogP contribution in [0.15, 0.2) is 30.3 Å². The number of rotatable bonds is 8. The molecule has 4 rings (SSSR count). The van der Waals surface area contributed by atoms with Crippen LogP contribution in [0.2, 0.25) is 0 Å². The first-order valence-electron chi connectivity index (χ1n) is 12.0. The van der Waals surface area contributed by atoms with Crippen molar-refractivity contribution in [3.8, 4) is 0 Å². The molecular weight excluding hydrogens is 432 g/mol. The zero-order chi connectivity index (χ0) is 24.1. The standard InChI is InChI=1S/C25H34N6O3/c1-4-31(25-26-18(2)15-19(3)27-25)22-7-5-21(6-8-22)28-24(33)20-16-23(32)30(17-20)10-9-29-11-13-34-14-12-29/h5-8,15,20H,4,9-14,16-17H2,1-3H3,(H,28,33). The Morgan fingerprint density at radius 3 is 2.44 bits per heavy atom. The van der Waals surface area contributed by atoms with Crippen LogP contribution in [-0.2, 0) is 14.3 Å². The van der Waals surface area contributed by atoms with Crippen molar-refractivity contribution in [3.05, 3.63) is 41.7 Å². The Bertz CT molecular complexity index is 986. The summed E-state index contributed by atoms with van der Waals surface area (Å²) in [5, 5.41) is 2.98. The van der Waals surface area contributed by atoms with E-state index < -0.39 is 0 Å². The van der Waals surface area contributed by atoms with E-state index in [1.165, 1.54) is 0 Å². The van der Waals surface area contributed by atoms with Gasteiger partial charge in [0.15, 0.2) is 0 Å². The molecule has 2 amide bonds. The lowest BCUT2D eigenvalue weighted by Gasteiger charge is -2.28. The molecule has 0 bridgehead atoms. The number of amides is 2. The number of aromatic nitrogens is 2. The number of carbonyl (C=O) groups is 2. The second-order valence-corrected chi connectivity index (χ2v) is 8.93. The smallest absolute Gasteiger partial charge is 0.230 e. The average molecular weight is 467 g/mol. The predicted molar refractivity (Wildman–Crippen MR) is 131 cm³/mol. The van der Waals surface area contributed by atoms with Crippen LogP contribution in [0, 0.1) is 19.8 Å². The fraction of sp³-hybridized carbons (Fsp3) is 0.520. The summed E-state index contributed by atoms with van der Waals surface area (Å²) in [6, 6.07) is 9.62. The van der Waals surface area contributed by atoms with Crippen molar-refractivity contribution in [2.24, 2.45) is 5.92 Å². The molecule has 2 aliphatic rings. The minimum atomic E-state index is -0.326. The molecule has 2 fully saturated rings. The number of ether oxygens (including phenoxy) is 1. The van der Waals surface area contributed by atoms with Gasteiger partial charge in [-0.05, 0) is 51.1 Å². The molecule has 0 saturated carbocycles. The van der Waals surface area contributed by atoms with Crippen LogP contribution >= 0.6 is 0 Å². The van der Waals surface area contributed by atoms with Crippen LogP contribution in [-0.4, -0.2) is 84.1 Å². The largest absolute Gasteiger partial charge is 0.379 e. The molecule has 1 N–H and O–H groups in total. The van der Waals surface area contributed by atoms with Gasteiger partial charge in [0.2, 0.25) is 17.8 Å². The lowest BCUT2D eigenvalue weighted by molar-refractivity contribution is -0.128. The van der Waals surface area contributed by atoms with Gasteiger partial charge in [0, 0.05) is 68.5 Å². The summed E-state index contributed by atoms with van der Waals surface area (Å²) in [7, 11) is 0. The molecule has 2 aromatic rings. The van der Waals surface area contributed by atoms with Crippen LogP contribution in [0.1, 0.15) is 24.7 Å². The number of benzene rings is 1. The normalized spacial score (nSPS) is 18.9. The summed E-state index contributed by atoms with van der Waals surface area (Å²) >= 11 is 0. The molecule has 2 aliphatic heterocycles. The lowest BCUT2D eigenvalue weighted by Crippen LogP contribution is -2.42. The van der Waals surface area contributed by atoms with Crippen LogP contribution in [0.4, 0.5) is 17.3 Å². The molecule has 182 valence electrons. The summed E-state index contributed by atoms with van der Waals surface area (Å²) in [6.45, 7) is 11.9. The lowest BCUT2D eigenvalue weighted by atomic mass is 10.1. The number of nitrogens with one attached hydrogen (secondary N) is 1. The molecule has 1 atom stereocenters. The number of anilines is 3. The Hall–Kier alpha value is -3.04. The third-order valence-corrected chi connectivity index (χ3v) is 6.35. The van der Waals surface area contributed by atoms with Gasteiger partial charge in [0.05, 0.1) is 19.1 Å². The van der Waals surface area contributed by atoms with E-state index in [0.717, 1.165) is 56.5 Å². The highest BCUT2D eigenvalue weighted by Gasteiger charge is 2.34. The summed E-state index contributed by atoms with van der Waals surface area (Å²) in [4.78, 5) is 40.5. The summed E-state index contributed by atoms with van der Waals surface area (Å²) < 4.78 is 5.37. The maximum absolute atomic E-state index is 12.8. The van der Waals surface area contributed by atoms with E-state index in [4.69, 9.17) is 4.74 Å². The number of hydrogen-bond acceptors (Lipinski definition) is 7. The van der Waals surface area contributed by atoms with Crippen molar-refractivity contribution in [1.29, 1.82) is 0 Å². The molecule has 1 unspecified atom stereocenters. The van der Waals surface area contributed by atoms with Crippen LogP contribution in [0.25, 0.3) is 0 Å². The Morgan fingerprint density at radius 1 is 1.12 bits per heavy atom. The Kier molecular flexibility index (Phi) is 7.74. The third-order valence-electron chi connectivity index (χ3n) is 6.35. The van der Waals surface area contributed by atoms with E-state index >= 15 is 0 Å². The van der Waals surface area contributed by atoms with Crippen molar-refractivity contribution in [1.82, 2.24) is 19.8 Å². The first kappa shape index (κ1) is 24.1. The number of nitrogens with zero attached hydrogens (tertiary/aromatic N) is 5. The molecule has 9 nitrogen and oxygen atoms in total. The predicted octanol–water partition coefficient (Wildman–Crippen LogP) is 2.37. The van der Waals surface area contributed by atoms with Gasteiger partial charge in [-0.2, -0.15) is 0 Å². The Balaban J connectivity index is 1.33. The summed E-state index contributed by atoms with van der Waals surface area (Å²) in [5.41, 5.74) is 3.52. The van der Waals surface area contributed by atoms with Crippen molar-refractivity contribution in [2.75, 3.05) is 62.7 Å². The van der Waals surface area contributed by atoms with Gasteiger partial charge in [0.1, 0.15) is 0 Å². The molecule has 1 aromatic heterocycles. The third kappa shape index (κ3) is 5.90. The van der Waals surface area contributed by atoms with E-state index in [1.807, 2.05) is 54.0 Å². The maximum Gasteiger partial charge on any atom is 0.230 e. The van der Waals surface area contributed by atoms with Crippen molar-refractivity contribution in [2.45, 2.75) is 27.2 Å². The number of aryl methyl sites for hydroxylation is 2. The number of likely N-dealkylation sites (tertiary alicyclic amines) is 1. The van der Waals surface area contributed by atoms with Gasteiger partial charge in [-0.1, -0.05) is 0 Å². The molecule has 2 saturated heterocycles. The van der Waals surface area contributed by atoms with Gasteiger partial charge < -0.3 is 19.9 Å². The SMILES string of the molecule is CCN(c1ccc(NC(=O)C2CC(=O)N(CCN3CCOCC3)C2)cc1)c1nc(C)cc(C)n1. The number of morpholine rings is 1. The summed E-state index contributed by atoms with van der Waals surface area (Å²) in [5.74, 6) is 0.279. The Morgan fingerprint density at radius 2 is 1.79 bits per heavy atom. The molecule has 0 aliphatic carbocycles. The first-order valence-corrected chi connectivity index (χ1v) is 12.0. The molecule has 0 radical (unpaired) electrons.